The fourth-order valence-corrected chi connectivity index (χ4v) is 2.33. The van der Waals surface area contributed by atoms with Crippen molar-refractivity contribution in [3.05, 3.63) is 28.3 Å². The Morgan fingerprint density at radius 2 is 2.21 bits per heavy atom. The summed E-state index contributed by atoms with van der Waals surface area (Å²) < 4.78 is 5.45. The zero-order valence-corrected chi connectivity index (χ0v) is 12.0. The number of nitrogens with zero attached hydrogens (tertiary/aromatic N) is 1. The molecule has 0 amide bonds. The summed E-state index contributed by atoms with van der Waals surface area (Å²) in [4.78, 5) is 11.2. The third kappa shape index (κ3) is 5.48. The van der Waals surface area contributed by atoms with Gasteiger partial charge in [0.2, 0.25) is 0 Å². The Labute approximate surface area is 117 Å². The Hall–Kier alpha value is -1.27. The molecule has 1 aromatic carbocycles. The number of hydrogen-bond donors (Lipinski definition) is 1. The molecule has 0 heterocycles. The molecule has 1 atom stereocenters. The summed E-state index contributed by atoms with van der Waals surface area (Å²) in [5.41, 5.74) is 0.0350. The molecule has 0 aromatic heterocycles. The van der Waals surface area contributed by atoms with E-state index in [2.05, 4.69) is 0 Å². The summed E-state index contributed by atoms with van der Waals surface area (Å²) >= 11 is 1.49. The second-order valence-corrected chi connectivity index (χ2v) is 5.46. The summed E-state index contributed by atoms with van der Waals surface area (Å²) in [5, 5.41) is 19.9. The average molecular weight is 285 g/mol. The van der Waals surface area contributed by atoms with Crippen LogP contribution in [0.1, 0.15) is 20.3 Å². The fourth-order valence-electron chi connectivity index (χ4n) is 1.34. The van der Waals surface area contributed by atoms with Crippen LogP contribution >= 0.6 is 11.8 Å². The summed E-state index contributed by atoms with van der Waals surface area (Å²) in [6, 6.07) is 4.78. The van der Waals surface area contributed by atoms with Crippen molar-refractivity contribution in [2.45, 2.75) is 25.2 Å². The van der Waals surface area contributed by atoms with E-state index in [0.717, 1.165) is 11.3 Å². The van der Waals surface area contributed by atoms with Crippen LogP contribution in [-0.4, -0.2) is 29.0 Å². The van der Waals surface area contributed by atoms with Crippen LogP contribution in [0.15, 0.2) is 23.1 Å². The van der Waals surface area contributed by atoms with Crippen molar-refractivity contribution in [2.75, 3.05) is 19.0 Å². The van der Waals surface area contributed by atoms with E-state index in [1.165, 1.54) is 23.9 Å². The molecule has 0 radical (unpaired) electrons. The Kier molecular flexibility index (Phi) is 6.66. The highest BCUT2D eigenvalue weighted by Crippen LogP contribution is 2.30. The van der Waals surface area contributed by atoms with Gasteiger partial charge in [-0.05, 0) is 18.4 Å². The molecule has 0 fully saturated rings. The molecule has 1 N–H and O–H groups in total. The van der Waals surface area contributed by atoms with E-state index in [4.69, 9.17) is 9.84 Å². The van der Waals surface area contributed by atoms with E-state index in [0.29, 0.717) is 18.1 Å². The van der Waals surface area contributed by atoms with Crippen molar-refractivity contribution in [1.29, 1.82) is 0 Å². The Morgan fingerprint density at radius 3 is 2.79 bits per heavy atom. The van der Waals surface area contributed by atoms with Gasteiger partial charge in [-0.3, -0.25) is 10.1 Å². The van der Waals surface area contributed by atoms with E-state index in [-0.39, 0.29) is 18.2 Å². The van der Waals surface area contributed by atoms with Gasteiger partial charge in [-0.25, -0.2) is 0 Å². The van der Waals surface area contributed by atoms with E-state index >= 15 is 0 Å². The van der Waals surface area contributed by atoms with Crippen molar-refractivity contribution < 1.29 is 14.8 Å². The van der Waals surface area contributed by atoms with Crippen LogP contribution in [0.25, 0.3) is 0 Å². The topological polar surface area (TPSA) is 72.6 Å². The summed E-state index contributed by atoms with van der Waals surface area (Å²) in [5.74, 6) is 1.39. The Morgan fingerprint density at radius 1 is 1.47 bits per heavy atom. The number of nitro groups is 1. The SMILES string of the molecule is CCCOc1cc(SCC(C)CO)cc([N+](=O)[O-])c1. The number of aliphatic hydroxyl groups excluding tert-OH is 1. The molecule has 6 heteroatoms. The van der Waals surface area contributed by atoms with E-state index in [1.54, 1.807) is 6.07 Å². The molecule has 1 unspecified atom stereocenters. The average Bonchev–Trinajstić information content (AvgIpc) is 2.42. The van der Waals surface area contributed by atoms with Crippen LogP contribution in [0.4, 0.5) is 5.69 Å². The lowest BCUT2D eigenvalue weighted by atomic mass is 10.2. The van der Waals surface area contributed by atoms with Gasteiger partial charge in [0.1, 0.15) is 5.75 Å². The largest absolute Gasteiger partial charge is 0.493 e. The van der Waals surface area contributed by atoms with Gasteiger partial charge in [0.25, 0.3) is 5.69 Å². The van der Waals surface area contributed by atoms with Gasteiger partial charge in [0.15, 0.2) is 0 Å². The van der Waals surface area contributed by atoms with E-state index in [9.17, 15) is 10.1 Å². The standard InChI is InChI=1S/C13H19NO4S/c1-3-4-18-12-5-11(14(16)17)6-13(7-12)19-9-10(2)8-15/h5-7,10,15H,3-4,8-9H2,1-2H3. The zero-order chi connectivity index (χ0) is 14.3. The maximum absolute atomic E-state index is 10.9. The molecule has 0 bridgehead atoms. The van der Waals surface area contributed by atoms with Gasteiger partial charge in [-0.2, -0.15) is 0 Å². The highest BCUT2D eigenvalue weighted by atomic mass is 32.2. The monoisotopic (exact) mass is 285 g/mol. The van der Waals surface area contributed by atoms with Crippen molar-refractivity contribution in [3.8, 4) is 5.75 Å². The first kappa shape index (κ1) is 15.8. The van der Waals surface area contributed by atoms with Crippen LogP contribution in [0.5, 0.6) is 5.75 Å². The fraction of sp³-hybridized carbons (Fsp3) is 0.538. The number of rotatable bonds is 8. The third-order valence-electron chi connectivity index (χ3n) is 2.39. The van der Waals surface area contributed by atoms with Crippen LogP contribution in [-0.2, 0) is 0 Å². The molecule has 1 aromatic rings. The number of ether oxygens (including phenoxy) is 1. The second kappa shape index (κ2) is 8.01. The summed E-state index contributed by atoms with van der Waals surface area (Å²) in [6.07, 6.45) is 0.854. The molecule has 0 aliphatic heterocycles. The first-order valence-corrected chi connectivity index (χ1v) is 7.21. The maximum atomic E-state index is 10.9. The van der Waals surface area contributed by atoms with Crippen LogP contribution in [0, 0.1) is 16.0 Å². The Balaban J connectivity index is 2.83. The van der Waals surface area contributed by atoms with Gasteiger partial charge >= 0.3 is 0 Å². The molecule has 1 rings (SSSR count). The maximum Gasteiger partial charge on any atom is 0.274 e. The smallest absolute Gasteiger partial charge is 0.274 e. The molecule has 106 valence electrons. The molecule has 0 spiro atoms. The van der Waals surface area contributed by atoms with Gasteiger partial charge in [-0.1, -0.05) is 13.8 Å². The Bertz CT molecular complexity index is 425. The minimum Gasteiger partial charge on any atom is -0.493 e. The first-order chi connectivity index (χ1) is 9.06. The minimum atomic E-state index is -0.418. The van der Waals surface area contributed by atoms with Crippen LogP contribution in [0.3, 0.4) is 0 Å². The molecular formula is C13H19NO4S. The van der Waals surface area contributed by atoms with Crippen molar-refractivity contribution in [3.63, 3.8) is 0 Å². The van der Waals surface area contributed by atoms with E-state index in [1.807, 2.05) is 13.8 Å². The lowest BCUT2D eigenvalue weighted by Gasteiger charge is -2.09. The van der Waals surface area contributed by atoms with Gasteiger partial charge in [0, 0.05) is 23.3 Å². The van der Waals surface area contributed by atoms with Crippen molar-refractivity contribution in [1.82, 2.24) is 0 Å². The minimum absolute atomic E-state index is 0.0350. The summed E-state index contributed by atoms with van der Waals surface area (Å²) in [7, 11) is 0. The number of aliphatic hydroxyl groups is 1. The van der Waals surface area contributed by atoms with Crippen molar-refractivity contribution in [2.24, 2.45) is 5.92 Å². The number of nitro benzene ring substituents is 1. The van der Waals surface area contributed by atoms with Crippen LogP contribution in [0.2, 0.25) is 0 Å². The quantitative estimate of drug-likeness (QED) is 0.451. The van der Waals surface area contributed by atoms with Gasteiger partial charge in [0.05, 0.1) is 17.6 Å². The third-order valence-corrected chi connectivity index (χ3v) is 3.70. The van der Waals surface area contributed by atoms with Crippen molar-refractivity contribution >= 4 is 17.4 Å². The number of thioether (sulfide) groups is 1. The normalized spacial score (nSPS) is 12.2. The molecule has 19 heavy (non-hydrogen) atoms. The molecule has 0 aliphatic rings. The lowest BCUT2D eigenvalue weighted by molar-refractivity contribution is -0.385. The first-order valence-electron chi connectivity index (χ1n) is 6.22. The number of hydrogen-bond acceptors (Lipinski definition) is 5. The lowest BCUT2D eigenvalue weighted by Crippen LogP contribution is -2.03. The summed E-state index contributed by atoms with van der Waals surface area (Å²) in [6.45, 7) is 4.56. The van der Waals surface area contributed by atoms with Gasteiger partial charge < -0.3 is 9.84 Å². The molecule has 5 nitrogen and oxygen atoms in total. The van der Waals surface area contributed by atoms with Crippen LogP contribution < -0.4 is 4.74 Å². The predicted octanol–water partition coefficient (Wildman–Crippen LogP) is 3.10. The second-order valence-electron chi connectivity index (χ2n) is 4.37. The highest BCUT2D eigenvalue weighted by molar-refractivity contribution is 7.99. The molecule has 0 saturated carbocycles. The van der Waals surface area contributed by atoms with E-state index < -0.39 is 4.92 Å². The highest BCUT2D eigenvalue weighted by Gasteiger charge is 2.12. The number of benzene rings is 1. The molecular weight excluding hydrogens is 266 g/mol. The zero-order valence-electron chi connectivity index (χ0n) is 11.2. The predicted molar refractivity (Wildman–Crippen MR) is 75.9 cm³/mol. The molecule has 0 aliphatic carbocycles. The molecule has 0 saturated heterocycles. The number of non-ortho nitro benzene ring substituents is 1. The van der Waals surface area contributed by atoms with Gasteiger partial charge in [-0.15, -0.1) is 11.8 Å².